The van der Waals surface area contributed by atoms with Crippen LogP contribution < -0.4 is 20.5 Å². The molecule has 0 aliphatic rings. The molecule has 214 valence electrons. The molecule has 0 saturated carbocycles. The van der Waals surface area contributed by atoms with Gasteiger partial charge in [0, 0.05) is 19.5 Å². The minimum absolute atomic E-state index is 0.0292. The first-order valence-electron chi connectivity index (χ1n) is 13.1. The highest BCUT2D eigenvalue weighted by Gasteiger charge is 2.27. The van der Waals surface area contributed by atoms with Crippen molar-refractivity contribution in [3.8, 4) is 22.7 Å². The van der Waals surface area contributed by atoms with Crippen LogP contribution in [-0.2, 0) is 21.4 Å². The summed E-state index contributed by atoms with van der Waals surface area (Å²) in [4.78, 5) is 39.0. The van der Waals surface area contributed by atoms with E-state index in [1.807, 2.05) is 6.07 Å². The van der Waals surface area contributed by atoms with Crippen molar-refractivity contribution in [2.24, 2.45) is 0 Å². The second kappa shape index (κ2) is 12.7. The third-order valence-electron chi connectivity index (χ3n) is 6.29. The Labute approximate surface area is 238 Å². The van der Waals surface area contributed by atoms with Crippen LogP contribution in [0.2, 0.25) is 0 Å². The summed E-state index contributed by atoms with van der Waals surface area (Å²) in [6.45, 7) is 3.02. The minimum Gasteiger partial charge on any atom is -0.484 e. The van der Waals surface area contributed by atoms with E-state index in [2.05, 4.69) is 10.0 Å². The monoisotopic (exact) mass is 576 g/mol. The molecular formula is C30H32N4O6S. The SMILES string of the molecule is CCCS(=O)(=O)Nc1ccccc1-n1c(-c2ccccc2)c(C(C)=O)n(Cc2cccc(OCC(=O)NC)c2)c1=O. The topological polar surface area (TPSA) is 128 Å². The molecule has 0 unspecified atom stereocenters. The molecule has 0 atom stereocenters. The number of amides is 1. The first kappa shape index (κ1) is 29.3. The number of rotatable bonds is 12. The molecular weight excluding hydrogens is 544 g/mol. The number of nitrogens with one attached hydrogen (secondary N) is 2. The number of ketones is 1. The number of benzene rings is 3. The summed E-state index contributed by atoms with van der Waals surface area (Å²) >= 11 is 0. The second-order valence-electron chi connectivity index (χ2n) is 9.37. The predicted octanol–water partition coefficient (Wildman–Crippen LogP) is 3.83. The fourth-order valence-corrected chi connectivity index (χ4v) is 5.66. The smallest absolute Gasteiger partial charge is 0.334 e. The number of carbonyl (C=O) groups is 2. The van der Waals surface area contributed by atoms with E-state index in [1.165, 1.54) is 23.1 Å². The molecule has 1 aromatic heterocycles. The molecule has 0 fully saturated rings. The van der Waals surface area contributed by atoms with Gasteiger partial charge in [-0.3, -0.25) is 23.4 Å². The third kappa shape index (κ3) is 6.75. The zero-order valence-electron chi connectivity index (χ0n) is 23.1. The summed E-state index contributed by atoms with van der Waals surface area (Å²) in [7, 11) is -2.16. The maximum atomic E-state index is 14.2. The Morgan fingerprint density at radius 3 is 2.34 bits per heavy atom. The van der Waals surface area contributed by atoms with Gasteiger partial charge < -0.3 is 10.1 Å². The Morgan fingerprint density at radius 2 is 1.66 bits per heavy atom. The van der Waals surface area contributed by atoms with Crippen molar-refractivity contribution in [1.82, 2.24) is 14.5 Å². The van der Waals surface area contributed by atoms with Gasteiger partial charge in [0.1, 0.15) is 11.4 Å². The molecule has 0 saturated heterocycles. The number of aromatic nitrogens is 2. The molecule has 41 heavy (non-hydrogen) atoms. The first-order valence-corrected chi connectivity index (χ1v) is 14.7. The van der Waals surface area contributed by atoms with E-state index in [4.69, 9.17) is 4.74 Å². The van der Waals surface area contributed by atoms with Crippen LogP contribution >= 0.6 is 0 Å². The Kier molecular flexibility index (Phi) is 9.08. The Hall–Kier alpha value is -4.64. The lowest BCUT2D eigenvalue weighted by Gasteiger charge is -2.15. The molecule has 2 N–H and O–H groups in total. The second-order valence-corrected chi connectivity index (χ2v) is 11.2. The Balaban J connectivity index is 1.91. The summed E-state index contributed by atoms with van der Waals surface area (Å²) in [6.07, 6.45) is 0.420. The molecule has 0 bridgehead atoms. The van der Waals surface area contributed by atoms with Gasteiger partial charge in [-0.1, -0.05) is 61.5 Å². The number of hydrogen-bond acceptors (Lipinski definition) is 6. The van der Waals surface area contributed by atoms with Crippen LogP contribution in [0.5, 0.6) is 5.75 Å². The van der Waals surface area contributed by atoms with Crippen molar-refractivity contribution in [1.29, 1.82) is 0 Å². The molecule has 4 aromatic rings. The fourth-order valence-electron chi connectivity index (χ4n) is 4.51. The highest BCUT2D eigenvalue weighted by molar-refractivity contribution is 7.92. The summed E-state index contributed by atoms with van der Waals surface area (Å²) in [6, 6.07) is 22.5. The summed E-state index contributed by atoms with van der Waals surface area (Å²) < 4.78 is 36.3. The molecule has 0 radical (unpaired) electrons. The van der Waals surface area contributed by atoms with E-state index in [-0.39, 0.29) is 42.0 Å². The van der Waals surface area contributed by atoms with Gasteiger partial charge in [0.2, 0.25) is 10.0 Å². The number of likely N-dealkylation sites (N-methyl/N-ethyl adjacent to an activating group) is 1. The average molecular weight is 577 g/mol. The van der Waals surface area contributed by atoms with Crippen LogP contribution in [0, 0.1) is 0 Å². The molecule has 0 aliphatic heterocycles. The van der Waals surface area contributed by atoms with E-state index < -0.39 is 15.7 Å². The average Bonchev–Trinajstić information content (AvgIpc) is 3.24. The number of Topliss-reactive ketones (excluding diaryl/α,β-unsaturated/α-hetero) is 1. The minimum atomic E-state index is -3.67. The van der Waals surface area contributed by atoms with Crippen molar-refractivity contribution in [3.63, 3.8) is 0 Å². The van der Waals surface area contributed by atoms with Gasteiger partial charge in [0.25, 0.3) is 5.91 Å². The van der Waals surface area contributed by atoms with E-state index in [0.29, 0.717) is 34.7 Å². The number of carbonyl (C=O) groups excluding carboxylic acids is 2. The predicted molar refractivity (Wildman–Crippen MR) is 158 cm³/mol. The molecule has 0 aliphatic carbocycles. The number of ether oxygens (including phenoxy) is 1. The van der Waals surface area contributed by atoms with Crippen molar-refractivity contribution in [2.75, 3.05) is 24.1 Å². The van der Waals surface area contributed by atoms with Gasteiger partial charge in [-0.15, -0.1) is 0 Å². The number of hydrogen-bond donors (Lipinski definition) is 2. The highest BCUT2D eigenvalue weighted by Crippen LogP contribution is 2.31. The molecule has 10 nitrogen and oxygen atoms in total. The molecule has 1 amide bonds. The normalized spacial score (nSPS) is 11.2. The summed E-state index contributed by atoms with van der Waals surface area (Å²) in [5.41, 5.74) is 1.78. The van der Waals surface area contributed by atoms with Gasteiger partial charge in [-0.2, -0.15) is 0 Å². The maximum absolute atomic E-state index is 14.2. The van der Waals surface area contributed by atoms with Gasteiger partial charge >= 0.3 is 5.69 Å². The van der Waals surface area contributed by atoms with Crippen molar-refractivity contribution in [3.05, 3.63) is 101 Å². The van der Waals surface area contributed by atoms with Crippen molar-refractivity contribution in [2.45, 2.75) is 26.8 Å². The largest absolute Gasteiger partial charge is 0.484 e. The van der Waals surface area contributed by atoms with Crippen LogP contribution in [-0.4, -0.2) is 48.6 Å². The molecule has 3 aromatic carbocycles. The van der Waals surface area contributed by atoms with Crippen molar-refractivity contribution < 1.29 is 22.7 Å². The number of para-hydroxylation sites is 2. The molecule has 0 spiro atoms. The number of anilines is 1. The zero-order valence-corrected chi connectivity index (χ0v) is 23.9. The lowest BCUT2D eigenvalue weighted by atomic mass is 10.1. The van der Waals surface area contributed by atoms with Crippen LogP contribution in [0.3, 0.4) is 0 Å². The first-order chi connectivity index (χ1) is 19.6. The Bertz CT molecular complexity index is 1730. The third-order valence-corrected chi connectivity index (χ3v) is 7.77. The highest BCUT2D eigenvalue weighted by atomic mass is 32.2. The Morgan fingerprint density at radius 1 is 0.951 bits per heavy atom. The summed E-state index contributed by atoms with van der Waals surface area (Å²) in [5, 5.41) is 2.49. The number of sulfonamides is 1. The number of nitrogens with zero attached hydrogens (tertiary/aromatic N) is 2. The van der Waals surface area contributed by atoms with E-state index >= 15 is 0 Å². The van der Waals surface area contributed by atoms with Gasteiger partial charge in [0.15, 0.2) is 12.4 Å². The fraction of sp³-hybridized carbons (Fsp3) is 0.233. The van der Waals surface area contributed by atoms with Crippen LogP contribution in [0.4, 0.5) is 5.69 Å². The van der Waals surface area contributed by atoms with Gasteiger partial charge in [-0.25, -0.2) is 13.2 Å². The van der Waals surface area contributed by atoms with Gasteiger partial charge in [-0.05, 0) is 36.2 Å². The van der Waals surface area contributed by atoms with Crippen LogP contribution in [0.15, 0.2) is 83.7 Å². The lowest BCUT2D eigenvalue weighted by Crippen LogP contribution is -2.26. The molecule has 1 heterocycles. The van der Waals surface area contributed by atoms with E-state index in [1.54, 1.807) is 79.7 Å². The van der Waals surface area contributed by atoms with Crippen LogP contribution in [0.1, 0.15) is 36.3 Å². The number of imidazole rings is 1. The maximum Gasteiger partial charge on any atom is 0.334 e. The lowest BCUT2D eigenvalue weighted by molar-refractivity contribution is -0.122. The standard InChI is InChI=1S/C30H32N4O6S/c1-4-17-41(38,39)32-25-15-8-9-16-26(25)34-29(23-12-6-5-7-13-23)28(21(2)35)33(30(34)37)19-22-11-10-14-24(18-22)40-20-27(36)31-3/h5-16,18,32H,4,17,19-20H2,1-3H3,(H,31,36). The van der Waals surface area contributed by atoms with Crippen molar-refractivity contribution >= 4 is 27.4 Å². The van der Waals surface area contributed by atoms with E-state index in [0.717, 1.165) is 0 Å². The van der Waals surface area contributed by atoms with E-state index in [9.17, 15) is 22.8 Å². The molecule has 11 heteroatoms. The summed E-state index contributed by atoms with van der Waals surface area (Å²) in [5.74, 6) is -0.277. The van der Waals surface area contributed by atoms with Gasteiger partial charge in [0.05, 0.1) is 29.4 Å². The molecule has 4 rings (SSSR count). The zero-order chi connectivity index (χ0) is 29.6. The quantitative estimate of drug-likeness (QED) is 0.247. The van der Waals surface area contributed by atoms with Crippen LogP contribution in [0.25, 0.3) is 16.9 Å².